The number of nitrogens with two attached hydrogens (primary N) is 1. The van der Waals surface area contributed by atoms with E-state index in [1.165, 1.54) is 0 Å². The van der Waals surface area contributed by atoms with E-state index in [1.54, 1.807) is 11.8 Å². The van der Waals surface area contributed by atoms with E-state index in [-0.39, 0.29) is 6.04 Å². The third-order valence-electron chi connectivity index (χ3n) is 2.95. The molecular weight excluding hydrogens is 336 g/mol. The van der Waals surface area contributed by atoms with Gasteiger partial charge in [-0.1, -0.05) is 28.1 Å². The van der Waals surface area contributed by atoms with E-state index in [0.29, 0.717) is 0 Å². The molecule has 1 unspecified atom stereocenters. The van der Waals surface area contributed by atoms with Gasteiger partial charge in [0.1, 0.15) is 0 Å². The molecule has 0 bridgehead atoms. The van der Waals surface area contributed by atoms with Crippen molar-refractivity contribution in [2.75, 3.05) is 0 Å². The first kappa shape index (κ1) is 13.6. The van der Waals surface area contributed by atoms with Crippen LogP contribution in [0.25, 0.3) is 5.65 Å². The largest absolute Gasteiger partial charge is 0.324 e. The summed E-state index contributed by atoms with van der Waals surface area (Å²) in [6.07, 6.45) is 1.96. The Kier molecular flexibility index (Phi) is 3.78. The molecule has 0 amide bonds. The fourth-order valence-corrected chi connectivity index (χ4v) is 3.56. The Morgan fingerprint density at radius 2 is 2.10 bits per heavy atom. The summed E-state index contributed by atoms with van der Waals surface area (Å²) in [5.41, 5.74) is 7.98. The van der Waals surface area contributed by atoms with Crippen molar-refractivity contribution in [3.63, 3.8) is 0 Å². The molecule has 2 heterocycles. The molecule has 0 fully saturated rings. The van der Waals surface area contributed by atoms with Gasteiger partial charge in [0, 0.05) is 21.6 Å². The first-order valence-corrected chi connectivity index (χ1v) is 7.79. The quantitative estimate of drug-likeness (QED) is 0.784. The smallest absolute Gasteiger partial charge is 0.200 e. The zero-order valence-electron chi connectivity index (χ0n) is 10.8. The minimum atomic E-state index is -0.0233. The first-order valence-electron chi connectivity index (χ1n) is 6.18. The maximum absolute atomic E-state index is 6.03. The zero-order chi connectivity index (χ0) is 14.1. The van der Waals surface area contributed by atoms with Crippen molar-refractivity contribution in [2.45, 2.75) is 23.0 Å². The fourth-order valence-electron chi connectivity index (χ4n) is 1.96. The highest BCUT2D eigenvalue weighted by atomic mass is 79.9. The Bertz CT molecular complexity index is 754. The number of hydrogen-bond donors (Lipinski definition) is 1. The highest BCUT2D eigenvalue weighted by molar-refractivity contribution is 9.10. The summed E-state index contributed by atoms with van der Waals surface area (Å²) in [6, 6.07) is 11.9. The van der Waals surface area contributed by atoms with Crippen molar-refractivity contribution >= 4 is 33.3 Å². The molecule has 0 saturated heterocycles. The Labute approximate surface area is 129 Å². The monoisotopic (exact) mass is 348 g/mol. The first-order chi connectivity index (χ1) is 9.65. The minimum Gasteiger partial charge on any atom is -0.324 e. The molecule has 0 aliphatic heterocycles. The molecule has 2 aromatic heterocycles. The van der Waals surface area contributed by atoms with E-state index in [1.807, 2.05) is 47.9 Å². The molecule has 0 radical (unpaired) electrons. The van der Waals surface area contributed by atoms with Crippen LogP contribution in [0.4, 0.5) is 0 Å². The van der Waals surface area contributed by atoms with Crippen LogP contribution in [-0.2, 0) is 0 Å². The molecule has 3 rings (SSSR count). The van der Waals surface area contributed by atoms with Gasteiger partial charge in [-0.15, -0.1) is 10.2 Å². The molecule has 0 aliphatic rings. The molecule has 0 spiro atoms. The number of pyridine rings is 1. The van der Waals surface area contributed by atoms with Gasteiger partial charge in [0.25, 0.3) is 0 Å². The Balaban J connectivity index is 2.04. The normalized spacial score (nSPS) is 12.8. The molecule has 0 aliphatic carbocycles. The van der Waals surface area contributed by atoms with Crippen molar-refractivity contribution in [1.29, 1.82) is 0 Å². The lowest BCUT2D eigenvalue weighted by Crippen LogP contribution is -2.06. The number of aromatic nitrogens is 3. The second-order valence-corrected chi connectivity index (χ2v) is 6.41. The lowest BCUT2D eigenvalue weighted by atomic mass is 10.1. The number of rotatable bonds is 3. The maximum Gasteiger partial charge on any atom is 0.200 e. The van der Waals surface area contributed by atoms with Crippen molar-refractivity contribution in [3.8, 4) is 0 Å². The standard InChI is InChI=1S/C14H13BrN4S/c1-9(16)11-6-5-10(15)8-12(11)20-14-18-17-13-4-2-3-7-19(13)14/h2-9H,16H2,1H3. The number of halogens is 1. The van der Waals surface area contributed by atoms with Crippen LogP contribution in [0.5, 0.6) is 0 Å². The number of hydrogen-bond acceptors (Lipinski definition) is 4. The molecule has 1 atom stereocenters. The van der Waals surface area contributed by atoms with E-state index in [2.05, 4.69) is 32.2 Å². The molecule has 20 heavy (non-hydrogen) atoms. The van der Waals surface area contributed by atoms with E-state index < -0.39 is 0 Å². The van der Waals surface area contributed by atoms with Crippen LogP contribution in [0, 0.1) is 0 Å². The van der Waals surface area contributed by atoms with E-state index >= 15 is 0 Å². The van der Waals surface area contributed by atoms with Crippen molar-refractivity contribution < 1.29 is 0 Å². The highest BCUT2D eigenvalue weighted by Crippen LogP contribution is 2.33. The topological polar surface area (TPSA) is 56.2 Å². The predicted molar refractivity (Wildman–Crippen MR) is 83.9 cm³/mol. The Morgan fingerprint density at radius 1 is 1.25 bits per heavy atom. The molecule has 0 saturated carbocycles. The van der Waals surface area contributed by atoms with Gasteiger partial charge >= 0.3 is 0 Å². The minimum absolute atomic E-state index is 0.0233. The summed E-state index contributed by atoms with van der Waals surface area (Å²) >= 11 is 5.07. The lowest BCUT2D eigenvalue weighted by Gasteiger charge is -2.12. The third kappa shape index (κ3) is 2.59. The van der Waals surface area contributed by atoms with Gasteiger partial charge < -0.3 is 5.73 Å². The van der Waals surface area contributed by atoms with Crippen LogP contribution in [0.2, 0.25) is 0 Å². The molecule has 2 N–H and O–H groups in total. The highest BCUT2D eigenvalue weighted by Gasteiger charge is 2.12. The van der Waals surface area contributed by atoms with Crippen LogP contribution in [0.3, 0.4) is 0 Å². The van der Waals surface area contributed by atoms with E-state index in [9.17, 15) is 0 Å². The number of fused-ring (bicyclic) bond motifs is 1. The fraction of sp³-hybridized carbons (Fsp3) is 0.143. The summed E-state index contributed by atoms with van der Waals surface area (Å²) in [5.74, 6) is 0. The Hall–Kier alpha value is -1.37. The maximum atomic E-state index is 6.03. The summed E-state index contributed by atoms with van der Waals surface area (Å²) in [5, 5.41) is 9.24. The lowest BCUT2D eigenvalue weighted by molar-refractivity contribution is 0.795. The van der Waals surface area contributed by atoms with Gasteiger partial charge in [-0.2, -0.15) is 0 Å². The summed E-state index contributed by atoms with van der Waals surface area (Å²) in [7, 11) is 0. The van der Waals surface area contributed by atoms with E-state index in [4.69, 9.17) is 5.73 Å². The predicted octanol–water partition coefficient (Wildman–Crippen LogP) is 3.66. The van der Waals surface area contributed by atoms with Gasteiger partial charge in [-0.3, -0.25) is 4.40 Å². The van der Waals surface area contributed by atoms with Gasteiger partial charge in [0.15, 0.2) is 10.8 Å². The van der Waals surface area contributed by atoms with Crippen LogP contribution >= 0.6 is 27.7 Å². The second-order valence-electron chi connectivity index (χ2n) is 4.48. The average Bonchev–Trinajstić information content (AvgIpc) is 2.82. The second kappa shape index (κ2) is 5.55. The van der Waals surface area contributed by atoms with Gasteiger partial charge in [0.05, 0.1) is 0 Å². The average molecular weight is 349 g/mol. The zero-order valence-corrected chi connectivity index (χ0v) is 13.2. The van der Waals surface area contributed by atoms with Gasteiger partial charge in [-0.05, 0) is 48.5 Å². The van der Waals surface area contributed by atoms with Crippen LogP contribution in [0.1, 0.15) is 18.5 Å². The molecule has 3 aromatic rings. The molecular formula is C14H13BrN4S. The van der Waals surface area contributed by atoms with Crippen molar-refractivity contribution in [2.24, 2.45) is 5.73 Å². The van der Waals surface area contributed by atoms with Crippen LogP contribution < -0.4 is 5.73 Å². The third-order valence-corrected chi connectivity index (χ3v) is 4.48. The van der Waals surface area contributed by atoms with E-state index in [0.717, 1.165) is 25.7 Å². The van der Waals surface area contributed by atoms with Gasteiger partial charge in [-0.25, -0.2) is 0 Å². The SMILES string of the molecule is CC(N)c1ccc(Br)cc1Sc1nnc2ccccn12. The summed E-state index contributed by atoms with van der Waals surface area (Å²) in [6.45, 7) is 1.98. The van der Waals surface area contributed by atoms with Crippen LogP contribution in [0.15, 0.2) is 57.1 Å². The molecule has 1 aromatic carbocycles. The van der Waals surface area contributed by atoms with Crippen molar-refractivity contribution in [3.05, 3.63) is 52.6 Å². The number of benzene rings is 1. The summed E-state index contributed by atoms with van der Waals surface area (Å²) < 4.78 is 2.99. The molecule has 102 valence electrons. The Morgan fingerprint density at radius 3 is 2.90 bits per heavy atom. The molecule has 6 heteroatoms. The molecule has 4 nitrogen and oxygen atoms in total. The van der Waals surface area contributed by atoms with Crippen LogP contribution in [-0.4, -0.2) is 14.6 Å². The van der Waals surface area contributed by atoms with Crippen molar-refractivity contribution in [1.82, 2.24) is 14.6 Å². The van der Waals surface area contributed by atoms with Gasteiger partial charge in [0.2, 0.25) is 0 Å². The summed E-state index contributed by atoms with van der Waals surface area (Å²) in [4.78, 5) is 1.09. The number of nitrogens with zero attached hydrogens (tertiary/aromatic N) is 3.